The summed E-state index contributed by atoms with van der Waals surface area (Å²) in [7, 11) is -3.09. The van der Waals surface area contributed by atoms with Crippen molar-refractivity contribution in [3.8, 4) is 0 Å². The molecule has 1 unspecified atom stereocenters. The van der Waals surface area contributed by atoms with Gasteiger partial charge in [-0.25, -0.2) is 13.1 Å². The van der Waals surface area contributed by atoms with Gasteiger partial charge in [-0.05, 0) is 26.2 Å². The molecule has 1 aliphatic heterocycles. The van der Waals surface area contributed by atoms with Gasteiger partial charge in [-0.15, -0.1) is 0 Å². The highest BCUT2D eigenvalue weighted by atomic mass is 32.2. The van der Waals surface area contributed by atoms with Gasteiger partial charge >= 0.3 is 0 Å². The van der Waals surface area contributed by atoms with Crippen LogP contribution in [-0.2, 0) is 14.8 Å². The summed E-state index contributed by atoms with van der Waals surface area (Å²) in [6.07, 6.45) is 2.60. The number of nitrogens with one attached hydrogen (secondary N) is 1. The molecule has 0 radical (unpaired) electrons. The first-order valence-electron chi connectivity index (χ1n) is 5.09. The quantitative estimate of drug-likeness (QED) is 0.750. The van der Waals surface area contributed by atoms with Crippen LogP contribution >= 0.6 is 0 Å². The molecule has 1 saturated heterocycles. The van der Waals surface area contributed by atoms with Gasteiger partial charge in [-0.2, -0.15) is 0 Å². The first-order valence-corrected chi connectivity index (χ1v) is 6.74. The Labute approximate surface area is 86.1 Å². The zero-order valence-electron chi connectivity index (χ0n) is 8.88. The molecule has 0 spiro atoms. The number of hydrogen-bond acceptors (Lipinski definition) is 3. The van der Waals surface area contributed by atoms with Gasteiger partial charge in [-0.3, -0.25) is 0 Å². The normalized spacial score (nSPS) is 28.1. The molecule has 0 aromatic heterocycles. The summed E-state index contributed by atoms with van der Waals surface area (Å²) < 4.78 is 30.8. The molecule has 1 fully saturated rings. The maximum Gasteiger partial charge on any atom is 0.211 e. The van der Waals surface area contributed by atoms with Gasteiger partial charge in [0.05, 0.1) is 11.4 Å². The first kappa shape index (κ1) is 11.9. The van der Waals surface area contributed by atoms with E-state index in [9.17, 15) is 8.42 Å². The molecule has 0 saturated carbocycles. The average molecular weight is 221 g/mol. The Bertz CT molecular complexity index is 268. The average Bonchev–Trinajstić information content (AvgIpc) is 2.50. The molecular weight excluding hydrogens is 202 g/mol. The summed E-state index contributed by atoms with van der Waals surface area (Å²) in [6, 6.07) is 0. The van der Waals surface area contributed by atoms with Crippen molar-refractivity contribution in [3.05, 3.63) is 0 Å². The lowest BCUT2D eigenvalue weighted by atomic mass is 10.0. The van der Waals surface area contributed by atoms with Crippen LogP contribution in [0.4, 0.5) is 0 Å². The summed E-state index contributed by atoms with van der Waals surface area (Å²) in [5, 5.41) is 0. The topological polar surface area (TPSA) is 55.4 Å². The first-order chi connectivity index (χ1) is 6.47. The van der Waals surface area contributed by atoms with Crippen LogP contribution in [0, 0.1) is 0 Å². The molecule has 1 atom stereocenters. The Hall–Kier alpha value is -0.130. The van der Waals surface area contributed by atoms with E-state index in [-0.39, 0.29) is 11.4 Å². The Morgan fingerprint density at radius 3 is 2.71 bits per heavy atom. The highest BCUT2D eigenvalue weighted by molar-refractivity contribution is 7.89. The molecule has 0 aromatic rings. The molecule has 0 amide bonds. The molecule has 0 aromatic carbocycles. The van der Waals surface area contributed by atoms with Crippen molar-refractivity contribution in [1.29, 1.82) is 0 Å². The fourth-order valence-corrected chi connectivity index (χ4v) is 2.79. The van der Waals surface area contributed by atoms with E-state index in [0.29, 0.717) is 13.0 Å². The lowest BCUT2D eigenvalue weighted by Gasteiger charge is -2.23. The maximum absolute atomic E-state index is 11.4. The number of sulfonamides is 1. The Morgan fingerprint density at radius 1 is 1.50 bits per heavy atom. The van der Waals surface area contributed by atoms with E-state index in [0.717, 1.165) is 19.4 Å². The molecule has 5 heteroatoms. The van der Waals surface area contributed by atoms with E-state index in [1.807, 2.05) is 13.8 Å². The highest BCUT2D eigenvalue weighted by Gasteiger charge is 2.30. The molecular formula is C9H19NO3S. The van der Waals surface area contributed by atoms with E-state index in [1.165, 1.54) is 0 Å². The van der Waals surface area contributed by atoms with Crippen LogP contribution in [-0.4, -0.2) is 32.9 Å². The van der Waals surface area contributed by atoms with Crippen molar-refractivity contribution >= 4 is 10.0 Å². The third-order valence-corrected chi connectivity index (χ3v) is 3.97. The molecule has 1 aliphatic rings. The van der Waals surface area contributed by atoms with Gasteiger partial charge in [0.25, 0.3) is 0 Å². The van der Waals surface area contributed by atoms with E-state index in [2.05, 4.69) is 4.72 Å². The summed E-state index contributed by atoms with van der Waals surface area (Å²) in [5.41, 5.74) is -0.291. The molecule has 1 rings (SSSR count). The third-order valence-electron chi connectivity index (χ3n) is 2.44. The van der Waals surface area contributed by atoms with Crippen molar-refractivity contribution in [2.75, 3.05) is 18.9 Å². The van der Waals surface area contributed by atoms with Crippen LogP contribution in [0.3, 0.4) is 0 Å². The minimum Gasteiger partial charge on any atom is -0.374 e. The largest absolute Gasteiger partial charge is 0.374 e. The highest BCUT2D eigenvalue weighted by Crippen LogP contribution is 2.24. The maximum atomic E-state index is 11.4. The second-order valence-corrected chi connectivity index (χ2v) is 5.97. The smallest absolute Gasteiger partial charge is 0.211 e. The van der Waals surface area contributed by atoms with Crippen molar-refractivity contribution in [1.82, 2.24) is 4.72 Å². The van der Waals surface area contributed by atoms with E-state index in [1.54, 1.807) is 0 Å². The molecule has 0 aliphatic carbocycles. The van der Waals surface area contributed by atoms with Crippen molar-refractivity contribution < 1.29 is 13.2 Å². The zero-order valence-corrected chi connectivity index (χ0v) is 9.69. The fraction of sp³-hybridized carbons (Fsp3) is 1.00. The van der Waals surface area contributed by atoms with E-state index in [4.69, 9.17) is 4.74 Å². The number of ether oxygens (including phenoxy) is 1. The van der Waals surface area contributed by atoms with Crippen LogP contribution in [0.5, 0.6) is 0 Å². The van der Waals surface area contributed by atoms with Crippen molar-refractivity contribution in [2.24, 2.45) is 0 Å². The van der Waals surface area contributed by atoms with Crippen LogP contribution in [0.25, 0.3) is 0 Å². The monoisotopic (exact) mass is 221 g/mol. The standard InChI is InChI=1S/C9H19NO3S/c1-3-7-14(11,12)10-8-9(2)5-4-6-13-9/h10H,3-8H2,1-2H3. The van der Waals surface area contributed by atoms with Crippen LogP contribution in [0.15, 0.2) is 0 Å². The molecule has 0 bridgehead atoms. The number of hydrogen-bond donors (Lipinski definition) is 1. The second-order valence-electron chi connectivity index (χ2n) is 4.04. The van der Waals surface area contributed by atoms with Crippen molar-refractivity contribution in [2.45, 2.75) is 38.7 Å². The Balaban J connectivity index is 2.39. The van der Waals surface area contributed by atoms with Crippen LogP contribution in [0.2, 0.25) is 0 Å². The lowest BCUT2D eigenvalue weighted by molar-refractivity contribution is 0.0250. The molecule has 1 N–H and O–H groups in total. The molecule has 4 nitrogen and oxygen atoms in total. The van der Waals surface area contributed by atoms with E-state index < -0.39 is 10.0 Å². The minimum atomic E-state index is -3.09. The Kier molecular flexibility index (Phi) is 3.92. The van der Waals surface area contributed by atoms with Gasteiger partial charge in [0.15, 0.2) is 0 Å². The van der Waals surface area contributed by atoms with Gasteiger partial charge in [0, 0.05) is 13.2 Å². The fourth-order valence-electron chi connectivity index (χ4n) is 1.58. The SMILES string of the molecule is CCCS(=O)(=O)NCC1(C)CCCO1. The van der Waals surface area contributed by atoms with E-state index >= 15 is 0 Å². The minimum absolute atomic E-state index is 0.197. The van der Waals surface area contributed by atoms with Crippen LogP contribution < -0.4 is 4.72 Å². The van der Waals surface area contributed by atoms with Gasteiger partial charge in [0.1, 0.15) is 0 Å². The summed E-state index contributed by atoms with van der Waals surface area (Å²) in [5.74, 6) is 0.197. The number of rotatable bonds is 5. The zero-order chi connectivity index (χ0) is 10.7. The molecule has 1 heterocycles. The predicted octanol–water partition coefficient (Wildman–Crippen LogP) is 0.885. The summed E-state index contributed by atoms with van der Waals surface area (Å²) in [6.45, 7) is 4.95. The summed E-state index contributed by atoms with van der Waals surface area (Å²) >= 11 is 0. The third kappa shape index (κ3) is 3.55. The van der Waals surface area contributed by atoms with Crippen LogP contribution in [0.1, 0.15) is 33.1 Å². The molecule has 84 valence electrons. The van der Waals surface area contributed by atoms with Gasteiger partial charge in [0.2, 0.25) is 10.0 Å². The second kappa shape index (κ2) is 4.59. The van der Waals surface area contributed by atoms with Gasteiger partial charge < -0.3 is 4.74 Å². The predicted molar refractivity (Wildman–Crippen MR) is 55.7 cm³/mol. The Morgan fingerprint density at radius 2 is 2.21 bits per heavy atom. The lowest BCUT2D eigenvalue weighted by Crippen LogP contribution is -2.40. The van der Waals surface area contributed by atoms with Crippen molar-refractivity contribution in [3.63, 3.8) is 0 Å². The van der Waals surface area contributed by atoms with Gasteiger partial charge in [-0.1, -0.05) is 6.92 Å². The summed E-state index contributed by atoms with van der Waals surface area (Å²) in [4.78, 5) is 0. The molecule has 14 heavy (non-hydrogen) atoms.